The van der Waals surface area contributed by atoms with E-state index >= 15 is 0 Å². The van der Waals surface area contributed by atoms with Gasteiger partial charge in [-0.15, -0.1) is 0 Å². The molecule has 106 valence electrons. The predicted octanol–water partition coefficient (Wildman–Crippen LogP) is 4.32. The molecule has 0 aromatic heterocycles. The third-order valence-corrected chi connectivity index (χ3v) is 3.85. The van der Waals surface area contributed by atoms with Crippen LogP contribution in [0.15, 0.2) is 35.3 Å². The number of hydrogen-bond acceptors (Lipinski definition) is 2. The van der Waals surface area contributed by atoms with E-state index in [2.05, 4.69) is 10.3 Å². The maximum absolute atomic E-state index is 13.1. The molecule has 1 aliphatic rings. The van der Waals surface area contributed by atoms with E-state index < -0.39 is 5.82 Å². The monoisotopic (exact) mass is 322 g/mol. The second-order valence-corrected chi connectivity index (χ2v) is 5.38. The molecule has 1 aliphatic heterocycles. The van der Waals surface area contributed by atoms with Crippen LogP contribution in [0.25, 0.3) is 0 Å². The quantitative estimate of drug-likeness (QED) is 0.914. The molecule has 0 radical (unpaired) electrons. The average molecular weight is 323 g/mol. The molecule has 0 unspecified atom stereocenters. The standard InChI is InChI=1S/C15H9Cl2FN2O/c16-13-3-9(18)4-14(17)12(13)7-19-10-2-1-8-6-20-15(21)11(8)5-10/h1-6,19H,7H2. The molecule has 1 N–H and O–H groups in total. The maximum Gasteiger partial charge on any atom is 0.277 e. The lowest BCUT2D eigenvalue weighted by atomic mass is 10.1. The van der Waals surface area contributed by atoms with Crippen LogP contribution in [0.1, 0.15) is 21.5 Å². The fraction of sp³-hybridized carbons (Fsp3) is 0.0667. The van der Waals surface area contributed by atoms with Crippen LogP contribution < -0.4 is 5.32 Å². The van der Waals surface area contributed by atoms with Crippen molar-refractivity contribution in [3.05, 3.63) is 62.9 Å². The first-order chi connectivity index (χ1) is 10.0. The SMILES string of the molecule is O=C1N=Cc2ccc(NCc3c(Cl)cc(F)cc3Cl)cc21. The van der Waals surface area contributed by atoms with Crippen molar-refractivity contribution in [2.45, 2.75) is 6.54 Å². The van der Waals surface area contributed by atoms with Gasteiger partial charge in [-0.25, -0.2) is 9.38 Å². The normalized spacial score (nSPS) is 12.6. The van der Waals surface area contributed by atoms with Crippen molar-refractivity contribution in [3.63, 3.8) is 0 Å². The summed E-state index contributed by atoms with van der Waals surface area (Å²) >= 11 is 12.0. The van der Waals surface area contributed by atoms with Crippen LogP contribution in [0.3, 0.4) is 0 Å². The summed E-state index contributed by atoms with van der Waals surface area (Å²) in [6.45, 7) is 0.325. The predicted molar refractivity (Wildman–Crippen MR) is 82.1 cm³/mol. The molecule has 21 heavy (non-hydrogen) atoms. The van der Waals surface area contributed by atoms with Crippen molar-refractivity contribution in [2.24, 2.45) is 4.99 Å². The number of anilines is 1. The summed E-state index contributed by atoms with van der Waals surface area (Å²) in [5.41, 5.74) is 2.69. The number of carbonyl (C=O) groups excluding carboxylic acids is 1. The molecule has 0 saturated heterocycles. The van der Waals surface area contributed by atoms with Crippen molar-refractivity contribution in [2.75, 3.05) is 5.32 Å². The zero-order valence-corrected chi connectivity index (χ0v) is 12.2. The van der Waals surface area contributed by atoms with Crippen molar-refractivity contribution in [3.8, 4) is 0 Å². The van der Waals surface area contributed by atoms with Gasteiger partial charge in [0, 0.05) is 39.6 Å². The molecule has 0 atom stereocenters. The Balaban J connectivity index is 1.80. The van der Waals surface area contributed by atoms with Gasteiger partial charge in [-0.2, -0.15) is 0 Å². The molecule has 6 heteroatoms. The molecule has 0 saturated carbocycles. The summed E-state index contributed by atoms with van der Waals surface area (Å²) in [4.78, 5) is 15.3. The zero-order valence-electron chi connectivity index (χ0n) is 10.7. The number of benzene rings is 2. The van der Waals surface area contributed by atoms with Gasteiger partial charge in [0.25, 0.3) is 5.91 Å². The number of aliphatic imine (C=N–C) groups is 1. The summed E-state index contributed by atoms with van der Waals surface area (Å²) in [6, 6.07) is 7.78. The van der Waals surface area contributed by atoms with Crippen LogP contribution in [0.2, 0.25) is 10.0 Å². The van der Waals surface area contributed by atoms with Crippen LogP contribution >= 0.6 is 23.2 Å². The van der Waals surface area contributed by atoms with Crippen molar-refractivity contribution in [1.82, 2.24) is 0 Å². The second-order valence-electron chi connectivity index (χ2n) is 4.57. The molecule has 1 amide bonds. The summed E-state index contributed by atoms with van der Waals surface area (Å²) in [6.07, 6.45) is 1.54. The van der Waals surface area contributed by atoms with Gasteiger partial charge in [0.1, 0.15) is 5.82 Å². The van der Waals surface area contributed by atoms with E-state index in [-0.39, 0.29) is 16.0 Å². The third kappa shape index (κ3) is 2.77. The maximum atomic E-state index is 13.1. The first-order valence-electron chi connectivity index (χ1n) is 6.14. The lowest BCUT2D eigenvalue weighted by Crippen LogP contribution is -2.03. The molecule has 2 aromatic rings. The zero-order chi connectivity index (χ0) is 15.0. The van der Waals surface area contributed by atoms with Gasteiger partial charge in [0.15, 0.2) is 0 Å². The lowest BCUT2D eigenvalue weighted by Gasteiger charge is -2.11. The summed E-state index contributed by atoms with van der Waals surface area (Å²) in [7, 11) is 0. The first-order valence-corrected chi connectivity index (χ1v) is 6.90. The highest BCUT2D eigenvalue weighted by molar-refractivity contribution is 6.36. The third-order valence-electron chi connectivity index (χ3n) is 3.18. The lowest BCUT2D eigenvalue weighted by molar-refractivity contribution is 0.101. The molecule has 0 bridgehead atoms. The minimum Gasteiger partial charge on any atom is -0.381 e. The summed E-state index contributed by atoms with van der Waals surface area (Å²) in [5, 5.41) is 3.63. The van der Waals surface area contributed by atoms with Crippen LogP contribution in [-0.2, 0) is 6.54 Å². The first kappa shape index (κ1) is 14.0. The van der Waals surface area contributed by atoms with Gasteiger partial charge in [0.05, 0.1) is 5.56 Å². The minimum absolute atomic E-state index is 0.257. The Bertz CT molecular complexity index is 751. The highest BCUT2D eigenvalue weighted by Crippen LogP contribution is 2.27. The highest BCUT2D eigenvalue weighted by Gasteiger charge is 2.15. The number of hydrogen-bond donors (Lipinski definition) is 1. The minimum atomic E-state index is -0.478. The topological polar surface area (TPSA) is 41.5 Å². The number of amides is 1. The van der Waals surface area contributed by atoms with Crippen molar-refractivity contribution < 1.29 is 9.18 Å². The van der Waals surface area contributed by atoms with Gasteiger partial charge < -0.3 is 5.32 Å². The van der Waals surface area contributed by atoms with E-state index in [9.17, 15) is 9.18 Å². The van der Waals surface area contributed by atoms with E-state index in [0.29, 0.717) is 17.7 Å². The number of halogens is 3. The smallest absolute Gasteiger partial charge is 0.277 e. The van der Waals surface area contributed by atoms with Gasteiger partial charge in [-0.1, -0.05) is 29.3 Å². The van der Waals surface area contributed by atoms with Gasteiger partial charge >= 0.3 is 0 Å². The number of fused-ring (bicyclic) bond motifs is 1. The Morgan fingerprint density at radius 1 is 1.14 bits per heavy atom. The fourth-order valence-corrected chi connectivity index (χ4v) is 2.69. The Kier molecular flexibility index (Phi) is 3.66. The van der Waals surface area contributed by atoms with Crippen molar-refractivity contribution in [1.29, 1.82) is 0 Å². The molecular weight excluding hydrogens is 314 g/mol. The highest BCUT2D eigenvalue weighted by atomic mass is 35.5. The summed E-state index contributed by atoms with van der Waals surface area (Å²) < 4.78 is 13.1. The van der Waals surface area contributed by atoms with Crippen LogP contribution in [0.4, 0.5) is 10.1 Å². The number of nitrogens with one attached hydrogen (secondary N) is 1. The van der Waals surface area contributed by atoms with Crippen LogP contribution in [0.5, 0.6) is 0 Å². The molecular formula is C15H9Cl2FN2O. The molecule has 3 nitrogen and oxygen atoms in total. The second kappa shape index (κ2) is 5.47. The molecule has 0 fully saturated rings. The Hall–Kier alpha value is -1.91. The number of carbonyl (C=O) groups is 1. The van der Waals surface area contributed by atoms with E-state index in [1.807, 2.05) is 6.07 Å². The van der Waals surface area contributed by atoms with Crippen molar-refractivity contribution >= 4 is 41.0 Å². The fourth-order valence-electron chi connectivity index (χ4n) is 2.09. The van der Waals surface area contributed by atoms with Crippen LogP contribution in [-0.4, -0.2) is 12.1 Å². The van der Waals surface area contributed by atoms with E-state index in [0.717, 1.165) is 11.3 Å². The van der Waals surface area contributed by atoms with E-state index in [1.165, 1.54) is 18.3 Å². The summed E-state index contributed by atoms with van der Waals surface area (Å²) in [5.74, 6) is -0.736. The largest absolute Gasteiger partial charge is 0.381 e. The Morgan fingerprint density at radius 3 is 2.57 bits per heavy atom. The van der Waals surface area contributed by atoms with Gasteiger partial charge in [-0.05, 0) is 24.3 Å². The van der Waals surface area contributed by atoms with E-state index in [1.54, 1.807) is 12.1 Å². The molecule has 0 aliphatic carbocycles. The van der Waals surface area contributed by atoms with E-state index in [4.69, 9.17) is 23.2 Å². The number of nitrogens with zero attached hydrogens (tertiary/aromatic N) is 1. The Morgan fingerprint density at radius 2 is 1.86 bits per heavy atom. The Labute approximate surface area is 130 Å². The molecule has 3 rings (SSSR count). The van der Waals surface area contributed by atoms with Crippen LogP contribution in [0, 0.1) is 5.82 Å². The molecule has 2 aromatic carbocycles. The number of rotatable bonds is 3. The molecule has 1 heterocycles. The van der Waals surface area contributed by atoms with Gasteiger partial charge in [-0.3, -0.25) is 4.79 Å². The molecule has 0 spiro atoms. The van der Waals surface area contributed by atoms with Gasteiger partial charge in [0.2, 0.25) is 0 Å². The average Bonchev–Trinajstić information content (AvgIpc) is 2.79.